The standard InChI is InChI=1S/C22H24N4O2/c1-16(18-10-6-3-7-11-18)25-14-19-20(23-15-25)26(22(28)24-21(19)27)13-12-17-8-4-2-5-9-17/h2-11,16,23H,12-15H2,1H3,(H,24,27,28)/t16-/m0/s1. The highest BCUT2D eigenvalue weighted by molar-refractivity contribution is 5.45. The summed E-state index contributed by atoms with van der Waals surface area (Å²) in [6.45, 7) is 3.72. The van der Waals surface area contributed by atoms with E-state index in [1.807, 2.05) is 48.5 Å². The topological polar surface area (TPSA) is 70.1 Å². The van der Waals surface area contributed by atoms with Gasteiger partial charge in [-0.2, -0.15) is 0 Å². The molecule has 0 fully saturated rings. The van der Waals surface area contributed by atoms with Crippen LogP contribution in [0.2, 0.25) is 0 Å². The van der Waals surface area contributed by atoms with Crippen molar-refractivity contribution in [3.05, 3.63) is 98.2 Å². The number of fused-ring (bicyclic) bond motifs is 1. The summed E-state index contributed by atoms with van der Waals surface area (Å²) < 4.78 is 1.65. The second-order valence-corrected chi connectivity index (χ2v) is 7.14. The zero-order chi connectivity index (χ0) is 19.5. The molecular weight excluding hydrogens is 352 g/mol. The Balaban J connectivity index is 1.60. The van der Waals surface area contributed by atoms with Gasteiger partial charge in [-0.25, -0.2) is 4.79 Å². The molecule has 28 heavy (non-hydrogen) atoms. The highest BCUT2D eigenvalue weighted by atomic mass is 16.2. The molecule has 6 heteroatoms. The van der Waals surface area contributed by atoms with Crippen molar-refractivity contribution < 1.29 is 0 Å². The molecule has 2 heterocycles. The molecule has 0 radical (unpaired) electrons. The number of aryl methyl sites for hydroxylation is 1. The summed E-state index contributed by atoms with van der Waals surface area (Å²) in [6.07, 6.45) is 0.727. The molecule has 1 aromatic heterocycles. The van der Waals surface area contributed by atoms with Gasteiger partial charge in [-0.05, 0) is 24.5 Å². The smallest absolute Gasteiger partial charge is 0.329 e. The van der Waals surface area contributed by atoms with E-state index >= 15 is 0 Å². The first kappa shape index (κ1) is 18.3. The van der Waals surface area contributed by atoms with Crippen molar-refractivity contribution >= 4 is 5.82 Å². The molecule has 0 spiro atoms. The lowest BCUT2D eigenvalue weighted by atomic mass is 10.1. The zero-order valence-corrected chi connectivity index (χ0v) is 15.9. The summed E-state index contributed by atoms with van der Waals surface area (Å²) in [4.78, 5) is 29.6. The Labute approximate surface area is 163 Å². The molecular formula is C22H24N4O2. The van der Waals surface area contributed by atoms with E-state index < -0.39 is 0 Å². The van der Waals surface area contributed by atoms with Crippen LogP contribution in [0.25, 0.3) is 0 Å². The second-order valence-electron chi connectivity index (χ2n) is 7.14. The van der Waals surface area contributed by atoms with Crippen LogP contribution in [0.15, 0.2) is 70.3 Å². The van der Waals surface area contributed by atoms with Crippen LogP contribution in [0, 0.1) is 0 Å². The molecule has 0 bridgehead atoms. The number of nitrogens with one attached hydrogen (secondary N) is 2. The minimum atomic E-state index is -0.364. The van der Waals surface area contributed by atoms with Gasteiger partial charge in [0.1, 0.15) is 5.82 Å². The average molecular weight is 376 g/mol. The molecule has 0 aliphatic carbocycles. The first-order valence-corrected chi connectivity index (χ1v) is 9.56. The number of H-pyrrole nitrogens is 1. The molecule has 144 valence electrons. The molecule has 2 N–H and O–H groups in total. The third kappa shape index (κ3) is 3.64. The van der Waals surface area contributed by atoms with Crippen LogP contribution in [0.1, 0.15) is 29.7 Å². The molecule has 2 aromatic carbocycles. The SMILES string of the molecule is C[C@@H](c1ccccc1)N1CNc2c(c(=O)[nH]c(=O)n2CCc2ccccc2)C1. The Hall–Kier alpha value is -3.12. The monoisotopic (exact) mass is 376 g/mol. The maximum atomic E-state index is 12.5. The number of aromatic nitrogens is 2. The van der Waals surface area contributed by atoms with Crippen molar-refractivity contribution in [1.29, 1.82) is 0 Å². The molecule has 6 nitrogen and oxygen atoms in total. The predicted octanol–water partition coefficient (Wildman–Crippen LogP) is 2.73. The lowest BCUT2D eigenvalue weighted by Gasteiger charge is -2.35. The number of hydrogen-bond acceptors (Lipinski definition) is 4. The first-order valence-electron chi connectivity index (χ1n) is 9.56. The van der Waals surface area contributed by atoms with E-state index in [0.717, 1.165) is 12.0 Å². The van der Waals surface area contributed by atoms with Gasteiger partial charge < -0.3 is 5.32 Å². The molecule has 4 rings (SSSR count). The number of anilines is 1. The summed E-state index contributed by atoms with van der Waals surface area (Å²) in [5.74, 6) is 0.640. The van der Waals surface area contributed by atoms with E-state index in [2.05, 4.69) is 34.3 Å². The molecule has 3 aromatic rings. The normalized spacial score (nSPS) is 14.9. The Kier molecular flexibility index (Phi) is 5.12. The molecule has 0 amide bonds. The summed E-state index contributed by atoms with van der Waals surface area (Å²) >= 11 is 0. The highest BCUT2D eigenvalue weighted by Gasteiger charge is 2.26. The van der Waals surface area contributed by atoms with Crippen LogP contribution in [-0.2, 0) is 19.5 Å². The van der Waals surface area contributed by atoms with Gasteiger partial charge in [-0.1, -0.05) is 60.7 Å². The summed E-state index contributed by atoms with van der Waals surface area (Å²) in [5.41, 5.74) is 2.29. The van der Waals surface area contributed by atoms with E-state index in [1.165, 1.54) is 5.56 Å². The third-order valence-corrected chi connectivity index (χ3v) is 5.40. The van der Waals surface area contributed by atoms with Crippen molar-refractivity contribution in [2.45, 2.75) is 32.5 Å². The number of aromatic amines is 1. The fourth-order valence-corrected chi connectivity index (χ4v) is 3.71. The Morgan fingerprint density at radius 1 is 1.00 bits per heavy atom. The molecule has 1 aliphatic rings. The number of rotatable bonds is 5. The van der Waals surface area contributed by atoms with E-state index in [0.29, 0.717) is 31.1 Å². The lowest BCUT2D eigenvalue weighted by Crippen LogP contribution is -2.44. The minimum absolute atomic E-state index is 0.158. The van der Waals surface area contributed by atoms with Gasteiger partial charge in [0.05, 0.1) is 12.2 Å². The zero-order valence-electron chi connectivity index (χ0n) is 15.9. The molecule has 0 unspecified atom stereocenters. The van der Waals surface area contributed by atoms with Crippen LogP contribution >= 0.6 is 0 Å². The number of nitrogens with zero attached hydrogens (tertiary/aromatic N) is 2. The second kappa shape index (κ2) is 7.86. The maximum Gasteiger partial charge on any atom is 0.329 e. The van der Waals surface area contributed by atoms with Crippen LogP contribution in [0.4, 0.5) is 5.82 Å². The Morgan fingerprint density at radius 2 is 1.68 bits per heavy atom. The van der Waals surface area contributed by atoms with E-state index in [9.17, 15) is 9.59 Å². The van der Waals surface area contributed by atoms with Gasteiger partial charge in [0, 0.05) is 19.1 Å². The van der Waals surface area contributed by atoms with E-state index in [4.69, 9.17) is 0 Å². The quantitative estimate of drug-likeness (QED) is 0.718. The molecule has 1 atom stereocenters. The molecule has 1 aliphatic heterocycles. The van der Waals surface area contributed by atoms with Crippen molar-refractivity contribution in [1.82, 2.24) is 14.5 Å². The summed E-state index contributed by atoms with van der Waals surface area (Å²) in [6, 6.07) is 20.4. The van der Waals surface area contributed by atoms with Gasteiger partial charge in [-0.3, -0.25) is 19.2 Å². The first-order chi connectivity index (χ1) is 13.6. The molecule has 0 saturated heterocycles. The maximum absolute atomic E-state index is 12.5. The Morgan fingerprint density at radius 3 is 2.39 bits per heavy atom. The van der Waals surface area contributed by atoms with Gasteiger partial charge in [0.25, 0.3) is 5.56 Å². The van der Waals surface area contributed by atoms with E-state index in [1.54, 1.807) is 4.57 Å². The highest BCUT2D eigenvalue weighted by Crippen LogP contribution is 2.26. The largest absolute Gasteiger partial charge is 0.358 e. The van der Waals surface area contributed by atoms with Gasteiger partial charge in [0.15, 0.2) is 0 Å². The van der Waals surface area contributed by atoms with Crippen molar-refractivity contribution in [2.24, 2.45) is 0 Å². The number of hydrogen-bond donors (Lipinski definition) is 2. The fraction of sp³-hybridized carbons (Fsp3) is 0.273. The van der Waals surface area contributed by atoms with Crippen LogP contribution in [0.3, 0.4) is 0 Å². The van der Waals surface area contributed by atoms with Crippen molar-refractivity contribution in [3.8, 4) is 0 Å². The van der Waals surface area contributed by atoms with Crippen LogP contribution in [0.5, 0.6) is 0 Å². The number of benzene rings is 2. The van der Waals surface area contributed by atoms with E-state index in [-0.39, 0.29) is 17.3 Å². The lowest BCUT2D eigenvalue weighted by molar-refractivity contribution is 0.206. The van der Waals surface area contributed by atoms with Crippen LogP contribution in [-0.4, -0.2) is 21.1 Å². The van der Waals surface area contributed by atoms with Crippen LogP contribution < -0.4 is 16.6 Å². The van der Waals surface area contributed by atoms with Crippen molar-refractivity contribution in [3.63, 3.8) is 0 Å². The predicted molar refractivity (Wildman–Crippen MR) is 110 cm³/mol. The minimum Gasteiger partial charge on any atom is -0.358 e. The molecule has 0 saturated carbocycles. The van der Waals surface area contributed by atoms with Gasteiger partial charge >= 0.3 is 5.69 Å². The fourth-order valence-electron chi connectivity index (χ4n) is 3.71. The van der Waals surface area contributed by atoms with Gasteiger partial charge in [0.2, 0.25) is 0 Å². The van der Waals surface area contributed by atoms with Crippen molar-refractivity contribution in [2.75, 3.05) is 12.0 Å². The summed E-state index contributed by atoms with van der Waals surface area (Å²) in [7, 11) is 0. The summed E-state index contributed by atoms with van der Waals surface area (Å²) in [5, 5.41) is 3.32. The Bertz CT molecular complexity index is 1060. The third-order valence-electron chi connectivity index (χ3n) is 5.40. The van der Waals surface area contributed by atoms with Gasteiger partial charge in [-0.15, -0.1) is 0 Å². The average Bonchev–Trinajstić information content (AvgIpc) is 2.74.